The summed E-state index contributed by atoms with van der Waals surface area (Å²) in [6, 6.07) is 38.4. The number of anilines is 2. The molecule has 6 heteroatoms. The van der Waals surface area contributed by atoms with Crippen molar-refractivity contribution in [2.24, 2.45) is 0 Å². The van der Waals surface area contributed by atoms with Gasteiger partial charge in [0.15, 0.2) is 13.6 Å². The molecule has 0 heterocycles. The Morgan fingerprint density at radius 1 is 0.478 bits per heavy atom. The van der Waals surface area contributed by atoms with E-state index in [0.29, 0.717) is 0 Å². The number of ether oxygens (including phenoxy) is 4. The largest absolute Gasteiger partial charge is 0.466 e. The van der Waals surface area contributed by atoms with Crippen LogP contribution >= 0.6 is 0 Å². The Morgan fingerprint density at radius 2 is 0.848 bits per heavy atom. The van der Waals surface area contributed by atoms with E-state index in [1.807, 2.05) is 28.2 Å². The van der Waals surface area contributed by atoms with Gasteiger partial charge < -0.3 is 28.7 Å². The first-order valence-corrected chi connectivity index (χ1v) is 15.3. The second-order valence-corrected chi connectivity index (χ2v) is 11.7. The van der Waals surface area contributed by atoms with Crippen molar-refractivity contribution in [2.75, 3.05) is 65.8 Å². The molecule has 6 rings (SSSR count). The van der Waals surface area contributed by atoms with Gasteiger partial charge in [-0.2, -0.15) is 0 Å². The average Bonchev–Trinajstić information content (AvgIpc) is 3.08. The molecule has 0 saturated carbocycles. The summed E-state index contributed by atoms with van der Waals surface area (Å²) in [5, 5.41) is 4.29. The van der Waals surface area contributed by atoms with Crippen molar-refractivity contribution >= 4 is 32.9 Å². The van der Waals surface area contributed by atoms with Gasteiger partial charge in [-0.05, 0) is 69.1 Å². The van der Waals surface area contributed by atoms with Gasteiger partial charge in [0.1, 0.15) is 11.5 Å². The van der Waals surface area contributed by atoms with Crippen LogP contribution in [-0.4, -0.2) is 56.0 Å². The maximum absolute atomic E-state index is 6.58. The molecule has 234 valence electrons. The van der Waals surface area contributed by atoms with E-state index in [0.717, 1.165) is 77.8 Å². The van der Waals surface area contributed by atoms with E-state index in [4.69, 9.17) is 18.9 Å². The number of methoxy groups -OCH3 is 2. The van der Waals surface area contributed by atoms with Gasteiger partial charge in [-0.1, -0.05) is 72.8 Å². The normalized spacial score (nSPS) is 11.2. The van der Waals surface area contributed by atoms with Gasteiger partial charge in [0.25, 0.3) is 0 Å². The summed E-state index contributed by atoms with van der Waals surface area (Å²) in [7, 11) is 11.5. The molecule has 0 atom stereocenters. The quantitative estimate of drug-likeness (QED) is 0.136. The molecule has 0 bridgehead atoms. The summed E-state index contributed by atoms with van der Waals surface area (Å²) >= 11 is 0. The molecule has 0 amide bonds. The van der Waals surface area contributed by atoms with Crippen molar-refractivity contribution in [3.05, 3.63) is 109 Å². The van der Waals surface area contributed by atoms with Crippen LogP contribution in [0, 0.1) is 0 Å². The zero-order chi connectivity index (χ0) is 32.2. The molecule has 0 spiro atoms. The Hall–Kier alpha value is -5.04. The minimum Gasteiger partial charge on any atom is -0.466 e. The van der Waals surface area contributed by atoms with E-state index < -0.39 is 0 Å². The van der Waals surface area contributed by atoms with Crippen LogP contribution in [0.25, 0.3) is 54.9 Å². The molecule has 0 aliphatic carbocycles. The molecule has 6 aromatic carbocycles. The Balaban J connectivity index is 1.74. The highest BCUT2D eigenvalue weighted by molar-refractivity contribution is 6.14. The zero-order valence-corrected chi connectivity index (χ0v) is 27.3. The minimum absolute atomic E-state index is 0.0893. The summed E-state index contributed by atoms with van der Waals surface area (Å²) < 4.78 is 24.2. The number of fused-ring (bicyclic) bond motifs is 2. The lowest BCUT2D eigenvalue weighted by Crippen LogP contribution is -2.08. The summed E-state index contributed by atoms with van der Waals surface area (Å²) in [4.78, 5) is 4.19. The average molecular weight is 613 g/mol. The molecule has 0 fully saturated rings. The molecule has 0 unspecified atom stereocenters. The summed E-state index contributed by atoms with van der Waals surface area (Å²) in [6.07, 6.45) is 0. The van der Waals surface area contributed by atoms with Crippen LogP contribution in [0.2, 0.25) is 0 Å². The van der Waals surface area contributed by atoms with Crippen LogP contribution in [0.3, 0.4) is 0 Å². The van der Waals surface area contributed by atoms with E-state index >= 15 is 0 Å². The maximum Gasteiger partial charge on any atom is 0.188 e. The van der Waals surface area contributed by atoms with Gasteiger partial charge in [0.05, 0.1) is 0 Å². The van der Waals surface area contributed by atoms with Gasteiger partial charge in [-0.3, -0.25) is 0 Å². The molecule has 0 aromatic heterocycles. The first-order valence-electron chi connectivity index (χ1n) is 15.3. The van der Waals surface area contributed by atoms with Gasteiger partial charge in [0, 0.05) is 76.0 Å². The number of hydrogen-bond acceptors (Lipinski definition) is 6. The number of benzene rings is 6. The standard InChI is InChI=1S/C40H40N2O4/c1-41(2)31-19-15-27(16-20-31)35-23-29-11-7-9-13-33(29)37(39(35)45-25-43-5)38-34-14-10-8-12-30(34)24-36(40(38)46-26-44-6)28-17-21-32(22-18-28)42(3)4/h7-24H,25-26H2,1-6H3. The van der Waals surface area contributed by atoms with Gasteiger partial charge in [-0.25, -0.2) is 0 Å². The lowest BCUT2D eigenvalue weighted by Gasteiger charge is -2.24. The van der Waals surface area contributed by atoms with Crippen LogP contribution in [0.5, 0.6) is 11.5 Å². The lowest BCUT2D eigenvalue weighted by atomic mass is 9.86. The van der Waals surface area contributed by atoms with Crippen LogP contribution in [0.4, 0.5) is 11.4 Å². The molecule has 0 saturated heterocycles. The fraction of sp³-hybridized carbons (Fsp3) is 0.200. The third kappa shape index (κ3) is 5.97. The first kappa shape index (κ1) is 31.0. The molecule has 0 aliphatic heterocycles. The van der Waals surface area contributed by atoms with Crippen LogP contribution in [-0.2, 0) is 9.47 Å². The monoisotopic (exact) mass is 612 g/mol. The van der Waals surface area contributed by atoms with Crippen LogP contribution in [0.15, 0.2) is 109 Å². The van der Waals surface area contributed by atoms with E-state index in [9.17, 15) is 0 Å². The molecule has 46 heavy (non-hydrogen) atoms. The number of rotatable bonds is 11. The SMILES string of the molecule is COCOc1c(-c2ccc(N(C)C)cc2)cc2ccccc2c1-c1c(OCOC)c(-c2ccc(N(C)C)cc2)cc2ccccc12. The minimum atomic E-state index is 0.0893. The second-order valence-electron chi connectivity index (χ2n) is 11.7. The van der Waals surface area contributed by atoms with Crippen molar-refractivity contribution in [1.82, 2.24) is 0 Å². The Morgan fingerprint density at radius 3 is 1.20 bits per heavy atom. The molecule has 0 N–H and O–H groups in total. The fourth-order valence-electron chi connectivity index (χ4n) is 6.00. The van der Waals surface area contributed by atoms with Crippen molar-refractivity contribution < 1.29 is 18.9 Å². The lowest BCUT2D eigenvalue weighted by molar-refractivity contribution is 0.0506. The third-order valence-electron chi connectivity index (χ3n) is 8.28. The maximum atomic E-state index is 6.58. The Bertz CT molecular complexity index is 1820. The van der Waals surface area contributed by atoms with Crippen molar-refractivity contribution in [1.29, 1.82) is 0 Å². The Kier molecular flexibility index (Phi) is 9.11. The second kappa shape index (κ2) is 13.5. The fourth-order valence-corrected chi connectivity index (χ4v) is 6.00. The van der Waals surface area contributed by atoms with Gasteiger partial charge >= 0.3 is 0 Å². The highest BCUT2D eigenvalue weighted by Crippen LogP contribution is 2.52. The highest BCUT2D eigenvalue weighted by atomic mass is 16.7. The number of nitrogens with zero attached hydrogens (tertiary/aromatic N) is 2. The van der Waals surface area contributed by atoms with Crippen LogP contribution < -0.4 is 19.3 Å². The molecule has 0 radical (unpaired) electrons. The predicted octanol–water partition coefficient (Wildman–Crippen LogP) is 9.09. The summed E-state index contributed by atoms with van der Waals surface area (Å²) in [5.41, 5.74) is 8.16. The van der Waals surface area contributed by atoms with E-state index in [1.165, 1.54) is 0 Å². The van der Waals surface area contributed by atoms with Crippen LogP contribution in [0.1, 0.15) is 0 Å². The Labute approximate surface area is 271 Å². The van der Waals surface area contributed by atoms with E-state index in [-0.39, 0.29) is 13.6 Å². The topological polar surface area (TPSA) is 43.4 Å². The van der Waals surface area contributed by atoms with E-state index in [1.54, 1.807) is 14.2 Å². The molecule has 6 nitrogen and oxygen atoms in total. The van der Waals surface area contributed by atoms with Crippen molar-refractivity contribution in [3.63, 3.8) is 0 Å². The van der Waals surface area contributed by atoms with E-state index in [2.05, 4.69) is 119 Å². The first-order chi connectivity index (χ1) is 22.4. The molecule has 0 aliphatic rings. The summed E-state index contributed by atoms with van der Waals surface area (Å²) in [5.74, 6) is 1.45. The zero-order valence-electron chi connectivity index (χ0n) is 27.3. The molecule has 6 aromatic rings. The van der Waals surface area contributed by atoms with Gasteiger partial charge in [-0.15, -0.1) is 0 Å². The predicted molar refractivity (Wildman–Crippen MR) is 191 cm³/mol. The van der Waals surface area contributed by atoms with Gasteiger partial charge in [0.2, 0.25) is 0 Å². The van der Waals surface area contributed by atoms with Crippen molar-refractivity contribution in [2.45, 2.75) is 0 Å². The molecular formula is C40H40N2O4. The highest BCUT2D eigenvalue weighted by Gasteiger charge is 2.26. The third-order valence-corrected chi connectivity index (χ3v) is 8.28. The smallest absolute Gasteiger partial charge is 0.188 e. The molecular weight excluding hydrogens is 572 g/mol. The summed E-state index contributed by atoms with van der Waals surface area (Å²) in [6.45, 7) is 0.179. The number of hydrogen-bond donors (Lipinski definition) is 0. The van der Waals surface area contributed by atoms with Crippen molar-refractivity contribution in [3.8, 4) is 44.9 Å².